The van der Waals surface area contributed by atoms with Crippen LogP contribution in [-0.2, 0) is 41.6 Å². The van der Waals surface area contributed by atoms with Crippen LogP contribution in [0.1, 0.15) is 119 Å². The van der Waals surface area contributed by atoms with Gasteiger partial charge in [-0.1, -0.05) is 103 Å². The third-order valence-electron chi connectivity index (χ3n) is 9.73. The lowest BCUT2D eigenvalue weighted by atomic mass is 9.88. The molecule has 61 heavy (non-hydrogen) atoms. The van der Waals surface area contributed by atoms with Crippen molar-refractivity contribution in [1.82, 2.24) is 16.0 Å². The molecule has 0 fully saturated rings. The summed E-state index contributed by atoms with van der Waals surface area (Å²) in [7, 11) is 0. The molecule has 0 bridgehead atoms. The van der Waals surface area contributed by atoms with Crippen molar-refractivity contribution in [3.05, 3.63) is 71.8 Å². The van der Waals surface area contributed by atoms with Gasteiger partial charge < -0.3 is 50.9 Å². The van der Waals surface area contributed by atoms with Crippen molar-refractivity contribution in [3.8, 4) is 0 Å². The first-order chi connectivity index (χ1) is 27.7. The van der Waals surface area contributed by atoms with Crippen LogP contribution in [0.2, 0.25) is 0 Å². The SMILES string of the molecule is C.C.CC.CC(C)C[C@@H](NC(=O)[C@H](CC(=O)[C@H](N)Cc1ccccc1)Cc1ccccc1)C(=O)C[C@H](CCCN)C(=O)NCCCC[C@@H](NC(=O)[C@H](N)CCCN)C(=O)O.O.[2H-]. The van der Waals surface area contributed by atoms with Crippen molar-refractivity contribution >= 4 is 35.3 Å². The highest BCUT2D eigenvalue weighted by atomic mass is 16.4. The van der Waals surface area contributed by atoms with E-state index in [0.29, 0.717) is 64.5 Å². The van der Waals surface area contributed by atoms with Crippen LogP contribution in [0, 0.1) is 17.8 Å². The van der Waals surface area contributed by atoms with Gasteiger partial charge in [0.2, 0.25) is 17.7 Å². The number of nitrogens with two attached hydrogens (primary N) is 4. The molecule has 2 aromatic carbocycles. The Hall–Kier alpha value is -4.54. The summed E-state index contributed by atoms with van der Waals surface area (Å²) in [6.45, 7) is 8.81. The number of ketones is 2. The van der Waals surface area contributed by atoms with Gasteiger partial charge >= 0.3 is 5.97 Å². The topological polar surface area (TPSA) is 294 Å². The minimum Gasteiger partial charge on any atom is -1.00 e. The predicted octanol–water partition coefficient (Wildman–Crippen LogP) is 3.73. The second-order valence-electron chi connectivity index (χ2n) is 15.1. The van der Waals surface area contributed by atoms with Gasteiger partial charge in [-0.2, -0.15) is 0 Å². The largest absolute Gasteiger partial charge is 1.00 e. The molecule has 350 valence electrons. The van der Waals surface area contributed by atoms with Gasteiger partial charge in [-0.3, -0.25) is 24.0 Å². The lowest BCUT2D eigenvalue weighted by Crippen LogP contribution is -2.48. The van der Waals surface area contributed by atoms with Crippen LogP contribution in [-0.4, -0.2) is 89.6 Å². The zero-order valence-corrected chi connectivity index (χ0v) is 35.6. The van der Waals surface area contributed by atoms with Gasteiger partial charge in [-0.25, -0.2) is 4.79 Å². The maximum absolute atomic E-state index is 14.0. The van der Waals surface area contributed by atoms with E-state index < -0.39 is 53.8 Å². The van der Waals surface area contributed by atoms with Gasteiger partial charge in [-0.15, -0.1) is 0 Å². The standard InChI is InChI=1S/C42H65N7O7.C2H6.2CH4.H2O.H/c1-28(2)23-36(49-40(53)32(24-29-13-5-3-6-14-29)27-37(50)34(46)25-30-15-7-4-8-16-30)38(51)26-31(17-11-20-43)39(52)47-22-10-9-19-35(42(55)56)48-41(54)33(45)18-12-21-44;1-2;;;;/h3-8,13-16,28,31-36H,9-12,17-27,43-46H2,1-2H3,(H,47,52)(H,48,54)(H,49,53)(H,55,56);1-2H3;2*1H4;1H2;/q;;;;;-1/t31-,32-,33+,34+,35+,36+;;;;;/m0...../s1/i;;;;;1+1. The lowest BCUT2D eigenvalue weighted by Gasteiger charge is -2.25. The molecule has 0 aliphatic rings. The number of amides is 3. The van der Waals surface area contributed by atoms with E-state index in [4.69, 9.17) is 22.9 Å². The van der Waals surface area contributed by atoms with Crippen LogP contribution >= 0.6 is 0 Å². The monoisotopic (exact) mass is 862 g/mol. The number of rotatable bonds is 29. The van der Waals surface area contributed by atoms with E-state index in [0.717, 1.165) is 11.1 Å². The number of Topliss-reactive ketones (excluding diaryl/α,β-unsaturated/α-hetero) is 2. The summed E-state index contributed by atoms with van der Waals surface area (Å²) in [5.74, 6) is -4.47. The summed E-state index contributed by atoms with van der Waals surface area (Å²) in [5.41, 5.74) is 25.2. The molecule has 0 heterocycles. The molecule has 2 rings (SSSR count). The first-order valence-electron chi connectivity index (χ1n) is 20.9. The van der Waals surface area contributed by atoms with Crippen LogP contribution < -0.4 is 38.9 Å². The van der Waals surface area contributed by atoms with Gasteiger partial charge in [0.25, 0.3) is 0 Å². The third kappa shape index (κ3) is 25.1. The van der Waals surface area contributed by atoms with Crippen molar-refractivity contribution in [1.29, 1.82) is 0 Å². The number of carbonyl (C=O) groups is 6. The van der Waals surface area contributed by atoms with Crippen molar-refractivity contribution in [2.24, 2.45) is 40.7 Å². The summed E-state index contributed by atoms with van der Waals surface area (Å²) in [5, 5.41) is 17.9. The van der Waals surface area contributed by atoms with E-state index in [1.807, 2.05) is 88.4 Å². The highest BCUT2D eigenvalue weighted by Crippen LogP contribution is 2.20. The number of carboxylic acid groups (broad SMARTS) is 1. The fraction of sp³-hybridized carbons (Fsp3) is 0.609. The summed E-state index contributed by atoms with van der Waals surface area (Å²) in [4.78, 5) is 78.7. The Morgan fingerprint density at radius 2 is 1.13 bits per heavy atom. The summed E-state index contributed by atoms with van der Waals surface area (Å²) >= 11 is 0. The predicted molar refractivity (Wildman–Crippen MR) is 246 cm³/mol. The second-order valence-corrected chi connectivity index (χ2v) is 15.1. The lowest BCUT2D eigenvalue weighted by molar-refractivity contribution is -0.142. The van der Waals surface area contributed by atoms with E-state index in [2.05, 4.69) is 16.0 Å². The number of aliphatic carboxylic acids is 1. The fourth-order valence-corrected chi connectivity index (χ4v) is 6.47. The number of benzene rings is 2. The van der Waals surface area contributed by atoms with Gasteiger partial charge in [0, 0.05) is 31.2 Å². The molecule has 0 aromatic heterocycles. The van der Waals surface area contributed by atoms with Gasteiger partial charge in [0.05, 0.1) is 18.1 Å². The molecule has 0 spiro atoms. The highest BCUT2D eigenvalue weighted by molar-refractivity contribution is 5.95. The first-order valence-corrected chi connectivity index (χ1v) is 20.9. The number of carbonyl (C=O) groups excluding carboxylic acids is 5. The Kier molecular flexibility index (Phi) is 35.0. The first kappa shape index (κ1) is 60.8. The van der Waals surface area contributed by atoms with Crippen LogP contribution in [0.15, 0.2) is 60.7 Å². The molecule has 0 saturated carbocycles. The van der Waals surface area contributed by atoms with E-state index >= 15 is 0 Å². The average molecular weight is 862 g/mol. The molecule has 0 radical (unpaired) electrons. The average Bonchev–Trinajstić information content (AvgIpc) is 3.21. The maximum Gasteiger partial charge on any atom is 0.326 e. The molecule has 0 aliphatic heterocycles. The molecular formula is C46H82N7O8-. The van der Waals surface area contributed by atoms with Crippen LogP contribution in [0.25, 0.3) is 0 Å². The van der Waals surface area contributed by atoms with Crippen molar-refractivity contribution in [3.63, 3.8) is 0 Å². The molecule has 14 N–H and O–H groups in total. The second kappa shape index (κ2) is 35.1. The van der Waals surface area contributed by atoms with Crippen LogP contribution in [0.5, 0.6) is 0 Å². The van der Waals surface area contributed by atoms with E-state index in [-0.39, 0.29) is 77.4 Å². The molecule has 0 saturated heterocycles. The molecule has 0 aliphatic carbocycles. The smallest absolute Gasteiger partial charge is 0.326 e. The summed E-state index contributed by atoms with van der Waals surface area (Å²) in [6.07, 6.45) is 3.47. The van der Waals surface area contributed by atoms with E-state index in [1.165, 1.54) is 0 Å². The minimum absolute atomic E-state index is 0. The van der Waals surface area contributed by atoms with Gasteiger partial charge in [-0.05, 0) is 94.3 Å². The molecule has 15 nitrogen and oxygen atoms in total. The fourth-order valence-electron chi connectivity index (χ4n) is 6.47. The minimum atomic E-state index is -1.18. The van der Waals surface area contributed by atoms with Crippen molar-refractivity contribution < 1.29 is 40.8 Å². The third-order valence-corrected chi connectivity index (χ3v) is 9.73. The Labute approximate surface area is 367 Å². The molecule has 2 aromatic rings. The molecule has 15 heteroatoms. The molecule has 6 atom stereocenters. The molecular weight excluding hydrogens is 779 g/mol. The van der Waals surface area contributed by atoms with Crippen molar-refractivity contribution in [2.45, 2.75) is 144 Å². The van der Waals surface area contributed by atoms with Gasteiger partial charge in [0.15, 0.2) is 11.6 Å². The summed E-state index contributed by atoms with van der Waals surface area (Å²) < 4.78 is 0. The zero-order valence-electron chi connectivity index (χ0n) is 36.6. The highest BCUT2D eigenvalue weighted by Gasteiger charge is 2.32. The van der Waals surface area contributed by atoms with E-state index in [1.54, 1.807) is 0 Å². The maximum atomic E-state index is 14.0. The van der Waals surface area contributed by atoms with Crippen molar-refractivity contribution in [2.75, 3.05) is 19.6 Å². The normalized spacial score (nSPS) is 13.4. The van der Waals surface area contributed by atoms with E-state index in [9.17, 15) is 33.9 Å². The number of hydrogen-bond donors (Lipinski definition) is 8. The number of nitrogens with one attached hydrogen (secondary N) is 3. The molecule has 3 amide bonds. The zero-order chi connectivity index (χ0) is 43.5. The summed E-state index contributed by atoms with van der Waals surface area (Å²) in [6, 6.07) is 15.1. The Morgan fingerprint density at radius 3 is 1.66 bits per heavy atom. The Bertz CT molecular complexity index is 1520. The number of unbranched alkanes of at least 4 members (excludes halogenated alkanes) is 1. The quantitative estimate of drug-likeness (QED) is 0.0545. The van der Waals surface area contributed by atoms with Gasteiger partial charge in [0.1, 0.15) is 6.04 Å². The Morgan fingerprint density at radius 1 is 0.623 bits per heavy atom. The number of carboxylic acids is 1. The molecule has 0 unspecified atom stereocenters. The Balaban J connectivity index is -0.00000276. The number of hydrogen-bond acceptors (Lipinski definition) is 10. The van der Waals surface area contributed by atoms with Crippen LogP contribution in [0.4, 0.5) is 0 Å². The van der Waals surface area contributed by atoms with Crippen LogP contribution in [0.3, 0.4) is 0 Å².